The normalized spacial score (nSPS) is 19.5. The van der Waals surface area contributed by atoms with Crippen LogP contribution in [0, 0.1) is 0 Å². The van der Waals surface area contributed by atoms with E-state index in [1.165, 1.54) is 4.90 Å². The summed E-state index contributed by atoms with van der Waals surface area (Å²) in [4.78, 5) is 37.5. The van der Waals surface area contributed by atoms with Gasteiger partial charge in [-0.1, -0.05) is 30.3 Å². The molecule has 6 nitrogen and oxygen atoms in total. The van der Waals surface area contributed by atoms with Crippen molar-refractivity contribution < 1.29 is 19.5 Å². The summed E-state index contributed by atoms with van der Waals surface area (Å²) in [7, 11) is 0. The van der Waals surface area contributed by atoms with Gasteiger partial charge in [-0.25, -0.2) is 4.79 Å². The monoisotopic (exact) mass is 354 g/mol. The van der Waals surface area contributed by atoms with Crippen molar-refractivity contribution in [2.24, 2.45) is 0 Å². The number of carboxylic acids is 1. The highest BCUT2D eigenvalue weighted by atomic mass is 16.4. The van der Waals surface area contributed by atoms with Crippen LogP contribution < -0.4 is 5.32 Å². The molecule has 2 N–H and O–H groups in total. The first-order chi connectivity index (χ1) is 12.4. The lowest BCUT2D eigenvalue weighted by Crippen LogP contribution is -2.51. The second kappa shape index (κ2) is 7.15. The van der Waals surface area contributed by atoms with Crippen LogP contribution in [-0.2, 0) is 9.59 Å². The molecule has 1 aliphatic heterocycles. The van der Waals surface area contributed by atoms with Crippen molar-refractivity contribution in [1.82, 2.24) is 10.2 Å². The van der Waals surface area contributed by atoms with Gasteiger partial charge in [-0.15, -0.1) is 0 Å². The van der Waals surface area contributed by atoms with Crippen LogP contribution in [0.25, 0.3) is 10.8 Å². The Morgan fingerprint density at radius 3 is 2.62 bits per heavy atom. The van der Waals surface area contributed by atoms with Crippen molar-refractivity contribution >= 4 is 28.6 Å². The smallest absolute Gasteiger partial charge is 0.329 e. The van der Waals surface area contributed by atoms with E-state index in [0.29, 0.717) is 24.9 Å². The quantitative estimate of drug-likeness (QED) is 0.863. The minimum atomic E-state index is -1.14. The molecular formula is C20H22N2O4. The van der Waals surface area contributed by atoms with Crippen LogP contribution in [0.3, 0.4) is 0 Å². The number of nitrogens with one attached hydrogen (secondary N) is 1. The van der Waals surface area contributed by atoms with Crippen LogP contribution >= 0.6 is 0 Å². The highest BCUT2D eigenvalue weighted by Crippen LogP contribution is 2.29. The van der Waals surface area contributed by atoms with Crippen LogP contribution in [0.15, 0.2) is 42.5 Å². The van der Waals surface area contributed by atoms with Gasteiger partial charge in [0.2, 0.25) is 5.91 Å². The molecule has 0 aromatic heterocycles. The van der Waals surface area contributed by atoms with Gasteiger partial charge in [-0.3, -0.25) is 9.59 Å². The van der Waals surface area contributed by atoms with Gasteiger partial charge in [-0.2, -0.15) is 0 Å². The van der Waals surface area contributed by atoms with E-state index in [1.807, 2.05) is 36.4 Å². The molecule has 2 aromatic rings. The number of aliphatic carboxylic acids is 1. The number of amides is 2. The van der Waals surface area contributed by atoms with E-state index >= 15 is 0 Å². The number of rotatable bonds is 5. The lowest BCUT2D eigenvalue weighted by atomic mass is 9.99. The minimum Gasteiger partial charge on any atom is -0.480 e. The number of benzene rings is 2. The third kappa shape index (κ3) is 3.40. The predicted octanol–water partition coefficient (Wildman–Crippen LogP) is 2.43. The molecule has 1 fully saturated rings. The molecule has 1 heterocycles. The molecule has 26 heavy (non-hydrogen) atoms. The fourth-order valence-electron chi connectivity index (χ4n) is 3.44. The number of hydrogen-bond donors (Lipinski definition) is 2. The zero-order chi connectivity index (χ0) is 18.7. The Morgan fingerprint density at radius 2 is 1.88 bits per heavy atom. The number of carbonyl (C=O) groups excluding carboxylic acids is 2. The Hall–Kier alpha value is -2.89. The van der Waals surface area contributed by atoms with E-state index in [4.69, 9.17) is 0 Å². The average molecular weight is 354 g/mol. The molecule has 1 aliphatic rings. The average Bonchev–Trinajstić information content (AvgIpc) is 3.04. The molecule has 136 valence electrons. The zero-order valence-electron chi connectivity index (χ0n) is 14.7. The number of fused-ring (bicyclic) bond motifs is 1. The van der Waals surface area contributed by atoms with E-state index in [9.17, 15) is 19.5 Å². The summed E-state index contributed by atoms with van der Waals surface area (Å²) < 4.78 is 0. The third-order valence-electron chi connectivity index (χ3n) is 5.04. The highest BCUT2D eigenvalue weighted by molar-refractivity contribution is 5.98. The molecule has 0 aliphatic carbocycles. The van der Waals surface area contributed by atoms with E-state index in [0.717, 1.165) is 10.8 Å². The maximum atomic E-state index is 12.4. The molecule has 0 saturated carbocycles. The van der Waals surface area contributed by atoms with Gasteiger partial charge < -0.3 is 15.3 Å². The van der Waals surface area contributed by atoms with Crippen molar-refractivity contribution in [2.45, 2.75) is 31.7 Å². The molecule has 0 spiro atoms. The standard InChI is InChI=1S/C20H22N2O4/c1-20(19(25)26)10-4-12-22(20)17(23)9-11-21-18(24)16-8-7-14-5-2-3-6-15(14)13-16/h2-3,5-8,13H,4,9-12H2,1H3,(H,21,24)(H,25,26). The SMILES string of the molecule is CC1(C(=O)O)CCCN1C(=O)CCNC(=O)c1ccc2ccccc2c1. The molecule has 1 atom stereocenters. The first kappa shape index (κ1) is 17.9. The first-order valence-corrected chi connectivity index (χ1v) is 8.73. The minimum absolute atomic E-state index is 0.0855. The molecule has 1 saturated heterocycles. The first-order valence-electron chi connectivity index (χ1n) is 8.73. The lowest BCUT2D eigenvalue weighted by Gasteiger charge is -2.31. The molecule has 2 aromatic carbocycles. The second-order valence-electron chi connectivity index (χ2n) is 6.80. The summed E-state index contributed by atoms with van der Waals surface area (Å²) in [5.74, 6) is -1.47. The number of nitrogens with zero attached hydrogens (tertiary/aromatic N) is 1. The number of carboxylic acid groups (broad SMARTS) is 1. The van der Waals surface area contributed by atoms with Crippen LogP contribution in [0.1, 0.15) is 36.5 Å². The van der Waals surface area contributed by atoms with E-state index in [2.05, 4.69) is 5.32 Å². The summed E-state index contributed by atoms with van der Waals surface area (Å²) in [5, 5.41) is 14.2. The molecule has 0 bridgehead atoms. The van der Waals surface area contributed by atoms with Gasteiger partial charge in [0.15, 0.2) is 0 Å². The molecule has 0 radical (unpaired) electrons. The Bertz CT molecular complexity index is 864. The van der Waals surface area contributed by atoms with Crippen LogP contribution in [0.2, 0.25) is 0 Å². The topological polar surface area (TPSA) is 86.7 Å². The predicted molar refractivity (Wildman–Crippen MR) is 97.9 cm³/mol. The van der Waals surface area contributed by atoms with Crippen molar-refractivity contribution in [1.29, 1.82) is 0 Å². The molecule has 6 heteroatoms. The van der Waals surface area contributed by atoms with E-state index in [-0.39, 0.29) is 24.8 Å². The van der Waals surface area contributed by atoms with Crippen molar-refractivity contribution in [2.75, 3.05) is 13.1 Å². The van der Waals surface area contributed by atoms with Crippen LogP contribution in [-0.4, -0.2) is 46.4 Å². The molecule has 3 rings (SSSR count). The molecular weight excluding hydrogens is 332 g/mol. The maximum Gasteiger partial charge on any atom is 0.329 e. The Kier molecular flexibility index (Phi) is 4.93. The van der Waals surface area contributed by atoms with Gasteiger partial charge in [-0.05, 0) is 42.7 Å². The largest absolute Gasteiger partial charge is 0.480 e. The Labute approximate surface area is 151 Å². The van der Waals surface area contributed by atoms with Gasteiger partial charge in [0.1, 0.15) is 5.54 Å². The Balaban J connectivity index is 1.57. The fraction of sp³-hybridized carbons (Fsp3) is 0.350. The highest BCUT2D eigenvalue weighted by Gasteiger charge is 2.45. The van der Waals surface area contributed by atoms with Gasteiger partial charge in [0.05, 0.1) is 0 Å². The third-order valence-corrected chi connectivity index (χ3v) is 5.04. The van der Waals surface area contributed by atoms with Crippen molar-refractivity contribution in [3.8, 4) is 0 Å². The van der Waals surface area contributed by atoms with Crippen molar-refractivity contribution in [3.63, 3.8) is 0 Å². The van der Waals surface area contributed by atoms with Crippen molar-refractivity contribution in [3.05, 3.63) is 48.0 Å². The zero-order valence-corrected chi connectivity index (χ0v) is 14.7. The summed E-state index contributed by atoms with van der Waals surface area (Å²) in [5.41, 5.74) is -0.605. The summed E-state index contributed by atoms with van der Waals surface area (Å²) >= 11 is 0. The van der Waals surface area contributed by atoms with E-state index < -0.39 is 11.5 Å². The number of likely N-dealkylation sites (tertiary alicyclic amines) is 1. The lowest BCUT2D eigenvalue weighted by molar-refractivity contribution is -0.155. The summed E-state index contributed by atoms with van der Waals surface area (Å²) in [6.07, 6.45) is 1.22. The molecule has 1 unspecified atom stereocenters. The summed E-state index contributed by atoms with van der Waals surface area (Å²) in [6, 6.07) is 13.2. The Morgan fingerprint density at radius 1 is 1.15 bits per heavy atom. The van der Waals surface area contributed by atoms with Crippen LogP contribution in [0.4, 0.5) is 0 Å². The van der Waals surface area contributed by atoms with E-state index in [1.54, 1.807) is 13.0 Å². The van der Waals surface area contributed by atoms with Gasteiger partial charge >= 0.3 is 5.97 Å². The maximum absolute atomic E-state index is 12.4. The van der Waals surface area contributed by atoms with Gasteiger partial charge in [0, 0.05) is 25.1 Å². The fourth-order valence-corrected chi connectivity index (χ4v) is 3.44. The second-order valence-corrected chi connectivity index (χ2v) is 6.80. The molecule has 2 amide bonds. The van der Waals surface area contributed by atoms with Gasteiger partial charge in [0.25, 0.3) is 5.91 Å². The summed E-state index contributed by atoms with van der Waals surface area (Å²) in [6.45, 7) is 2.20. The number of hydrogen-bond acceptors (Lipinski definition) is 3. The number of carbonyl (C=O) groups is 3. The van der Waals surface area contributed by atoms with Crippen LogP contribution in [0.5, 0.6) is 0 Å².